The Kier molecular flexibility index (Phi) is 3.27. The first kappa shape index (κ1) is 12.2. The van der Waals surface area contributed by atoms with Crippen molar-refractivity contribution in [1.29, 1.82) is 0 Å². The summed E-state index contributed by atoms with van der Waals surface area (Å²) in [4.78, 5) is 13.1. The van der Waals surface area contributed by atoms with Crippen molar-refractivity contribution in [3.05, 3.63) is 42.0 Å². The third-order valence-electron chi connectivity index (χ3n) is 2.57. The van der Waals surface area contributed by atoms with Gasteiger partial charge in [0.1, 0.15) is 11.5 Å². The Morgan fingerprint density at radius 2 is 2.20 bits per heavy atom. The SMILES string of the molecule is Cc1cc(NCc2nn[nH]n2)nc(-c2ccccn2)n1. The Morgan fingerprint density at radius 3 is 2.95 bits per heavy atom. The fourth-order valence-corrected chi connectivity index (χ4v) is 1.70. The summed E-state index contributed by atoms with van der Waals surface area (Å²) in [5, 5.41) is 16.8. The van der Waals surface area contributed by atoms with Crippen LogP contribution in [0.2, 0.25) is 0 Å². The van der Waals surface area contributed by atoms with Crippen molar-refractivity contribution in [1.82, 2.24) is 35.6 Å². The molecule has 20 heavy (non-hydrogen) atoms. The van der Waals surface area contributed by atoms with Crippen LogP contribution < -0.4 is 5.32 Å². The summed E-state index contributed by atoms with van der Waals surface area (Å²) < 4.78 is 0. The standard InChI is InChI=1S/C12H12N8/c1-8-6-10(14-7-11-17-19-20-18-11)16-12(15-8)9-4-2-3-5-13-9/h2-6H,7H2,1H3,(H,14,15,16)(H,17,18,19,20). The molecule has 0 spiro atoms. The molecule has 0 saturated carbocycles. The number of nitrogens with one attached hydrogen (secondary N) is 2. The molecule has 3 rings (SSSR count). The van der Waals surface area contributed by atoms with Gasteiger partial charge in [0.2, 0.25) is 0 Å². The topological polar surface area (TPSA) is 105 Å². The van der Waals surface area contributed by atoms with Crippen molar-refractivity contribution in [2.45, 2.75) is 13.5 Å². The second-order valence-electron chi connectivity index (χ2n) is 4.11. The molecule has 0 aliphatic rings. The van der Waals surface area contributed by atoms with Crippen LogP contribution in [0.1, 0.15) is 11.5 Å². The van der Waals surface area contributed by atoms with Crippen LogP contribution >= 0.6 is 0 Å². The zero-order valence-electron chi connectivity index (χ0n) is 10.8. The summed E-state index contributed by atoms with van der Waals surface area (Å²) in [6.45, 7) is 2.35. The van der Waals surface area contributed by atoms with E-state index in [9.17, 15) is 0 Å². The molecule has 100 valence electrons. The Bertz CT molecular complexity index is 680. The number of anilines is 1. The van der Waals surface area contributed by atoms with Gasteiger partial charge in [-0.05, 0) is 19.1 Å². The van der Waals surface area contributed by atoms with Crippen molar-refractivity contribution in [3.63, 3.8) is 0 Å². The highest BCUT2D eigenvalue weighted by Gasteiger charge is 2.06. The summed E-state index contributed by atoms with van der Waals surface area (Å²) in [5.41, 5.74) is 1.59. The lowest BCUT2D eigenvalue weighted by Gasteiger charge is -2.06. The van der Waals surface area contributed by atoms with E-state index in [-0.39, 0.29) is 0 Å². The molecule has 3 aromatic heterocycles. The molecule has 0 aliphatic carbocycles. The second-order valence-corrected chi connectivity index (χ2v) is 4.11. The largest absolute Gasteiger partial charge is 0.362 e. The van der Waals surface area contributed by atoms with E-state index < -0.39 is 0 Å². The number of tetrazole rings is 1. The molecule has 0 amide bonds. The molecule has 0 atom stereocenters. The second kappa shape index (κ2) is 5.39. The van der Waals surface area contributed by atoms with Gasteiger partial charge in [-0.1, -0.05) is 11.3 Å². The van der Waals surface area contributed by atoms with Crippen LogP contribution in [0, 0.1) is 6.92 Å². The highest BCUT2D eigenvalue weighted by atomic mass is 15.5. The average molecular weight is 268 g/mol. The molecular formula is C12H12N8. The Morgan fingerprint density at radius 1 is 1.25 bits per heavy atom. The molecule has 0 fully saturated rings. The quantitative estimate of drug-likeness (QED) is 0.726. The van der Waals surface area contributed by atoms with Gasteiger partial charge >= 0.3 is 0 Å². The van der Waals surface area contributed by atoms with Crippen LogP contribution in [0.5, 0.6) is 0 Å². The van der Waals surface area contributed by atoms with Crippen molar-refractivity contribution in [2.75, 3.05) is 5.32 Å². The van der Waals surface area contributed by atoms with Gasteiger partial charge in [-0.15, -0.1) is 10.2 Å². The minimum absolute atomic E-state index is 0.439. The maximum Gasteiger partial charge on any atom is 0.193 e. The average Bonchev–Trinajstić information content (AvgIpc) is 2.99. The molecule has 8 heteroatoms. The van der Waals surface area contributed by atoms with Crippen molar-refractivity contribution < 1.29 is 0 Å². The first-order chi connectivity index (χ1) is 9.81. The smallest absolute Gasteiger partial charge is 0.193 e. The molecule has 2 N–H and O–H groups in total. The highest BCUT2D eigenvalue weighted by Crippen LogP contribution is 2.15. The number of aromatic nitrogens is 7. The van der Waals surface area contributed by atoms with Crippen LogP contribution in [0.15, 0.2) is 30.5 Å². The van der Waals surface area contributed by atoms with Gasteiger partial charge in [0.25, 0.3) is 0 Å². The Hall–Kier alpha value is -2.90. The summed E-state index contributed by atoms with van der Waals surface area (Å²) in [6.07, 6.45) is 1.72. The third-order valence-corrected chi connectivity index (χ3v) is 2.57. The van der Waals surface area contributed by atoms with Gasteiger partial charge in [0.15, 0.2) is 11.6 Å². The molecule has 0 aliphatic heterocycles. The van der Waals surface area contributed by atoms with Gasteiger partial charge in [0, 0.05) is 18.0 Å². The lowest BCUT2D eigenvalue weighted by atomic mass is 10.3. The number of H-pyrrole nitrogens is 1. The van der Waals surface area contributed by atoms with E-state index in [1.807, 2.05) is 31.2 Å². The normalized spacial score (nSPS) is 10.4. The van der Waals surface area contributed by atoms with E-state index >= 15 is 0 Å². The number of aromatic amines is 1. The number of hydrogen-bond acceptors (Lipinski definition) is 7. The first-order valence-electron chi connectivity index (χ1n) is 6.04. The monoisotopic (exact) mass is 268 g/mol. The lowest BCUT2D eigenvalue weighted by Crippen LogP contribution is -2.05. The van der Waals surface area contributed by atoms with Crippen molar-refractivity contribution in [2.24, 2.45) is 0 Å². The number of pyridine rings is 1. The number of nitrogens with zero attached hydrogens (tertiary/aromatic N) is 6. The minimum Gasteiger partial charge on any atom is -0.362 e. The van der Waals surface area contributed by atoms with Crippen LogP contribution in [0.25, 0.3) is 11.5 Å². The number of rotatable bonds is 4. The van der Waals surface area contributed by atoms with Gasteiger partial charge < -0.3 is 5.32 Å². The molecular weight excluding hydrogens is 256 g/mol. The molecule has 3 heterocycles. The number of aryl methyl sites for hydroxylation is 1. The fourth-order valence-electron chi connectivity index (χ4n) is 1.70. The van der Waals surface area contributed by atoms with E-state index in [0.717, 1.165) is 11.4 Å². The molecule has 0 aromatic carbocycles. The maximum atomic E-state index is 4.43. The van der Waals surface area contributed by atoms with Crippen molar-refractivity contribution >= 4 is 5.82 Å². The zero-order valence-corrected chi connectivity index (χ0v) is 10.8. The maximum absolute atomic E-state index is 4.43. The summed E-state index contributed by atoms with van der Waals surface area (Å²) >= 11 is 0. The summed E-state index contributed by atoms with van der Waals surface area (Å²) in [6, 6.07) is 7.49. The summed E-state index contributed by atoms with van der Waals surface area (Å²) in [7, 11) is 0. The van der Waals surface area contributed by atoms with E-state index in [2.05, 4.69) is 40.9 Å². The van der Waals surface area contributed by atoms with E-state index in [1.54, 1.807) is 6.20 Å². The highest BCUT2D eigenvalue weighted by molar-refractivity contribution is 5.52. The Balaban J connectivity index is 1.83. The predicted octanol–water partition coefficient (Wildman–Crippen LogP) is 0.972. The lowest BCUT2D eigenvalue weighted by molar-refractivity contribution is 0.881. The molecule has 0 unspecified atom stereocenters. The van der Waals surface area contributed by atoms with E-state index in [1.165, 1.54) is 0 Å². The molecule has 0 saturated heterocycles. The van der Waals surface area contributed by atoms with Gasteiger partial charge in [-0.2, -0.15) is 5.21 Å². The summed E-state index contributed by atoms with van der Waals surface area (Å²) in [5.74, 6) is 1.85. The van der Waals surface area contributed by atoms with Crippen molar-refractivity contribution in [3.8, 4) is 11.5 Å². The molecule has 3 aromatic rings. The van der Waals surface area contributed by atoms with Gasteiger partial charge in [-0.3, -0.25) is 4.98 Å². The molecule has 0 bridgehead atoms. The molecule has 0 radical (unpaired) electrons. The first-order valence-corrected chi connectivity index (χ1v) is 6.04. The van der Waals surface area contributed by atoms with Crippen LogP contribution in [0.4, 0.5) is 5.82 Å². The molecule has 8 nitrogen and oxygen atoms in total. The number of hydrogen-bond donors (Lipinski definition) is 2. The third kappa shape index (κ3) is 2.74. The van der Waals surface area contributed by atoms with Crippen LogP contribution in [-0.2, 0) is 6.54 Å². The van der Waals surface area contributed by atoms with E-state index in [4.69, 9.17) is 0 Å². The van der Waals surface area contributed by atoms with Gasteiger partial charge in [-0.25, -0.2) is 9.97 Å². The Labute approximate surface area is 114 Å². The van der Waals surface area contributed by atoms with Crippen LogP contribution in [-0.4, -0.2) is 35.6 Å². The van der Waals surface area contributed by atoms with E-state index in [0.29, 0.717) is 24.0 Å². The fraction of sp³-hybridized carbons (Fsp3) is 0.167. The van der Waals surface area contributed by atoms with Crippen LogP contribution in [0.3, 0.4) is 0 Å². The predicted molar refractivity (Wildman–Crippen MR) is 71.5 cm³/mol. The van der Waals surface area contributed by atoms with Gasteiger partial charge in [0.05, 0.1) is 6.54 Å². The zero-order chi connectivity index (χ0) is 13.8. The minimum atomic E-state index is 0.439.